The van der Waals surface area contributed by atoms with E-state index in [0.29, 0.717) is 25.5 Å². The van der Waals surface area contributed by atoms with E-state index in [4.69, 9.17) is 0 Å². The highest BCUT2D eigenvalue weighted by atomic mass is 16.2. The lowest BCUT2D eigenvalue weighted by Gasteiger charge is -2.35. The van der Waals surface area contributed by atoms with E-state index in [9.17, 15) is 9.59 Å². The summed E-state index contributed by atoms with van der Waals surface area (Å²) in [6.45, 7) is 7.49. The van der Waals surface area contributed by atoms with Gasteiger partial charge in [0.15, 0.2) is 0 Å². The summed E-state index contributed by atoms with van der Waals surface area (Å²) in [6, 6.07) is 8.38. The van der Waals surface area contributed by atoms with Gasteiger partial charge in [0.1, 0.15) is 0 Å². The van der Waals surface area contributed by atoms with Gasteiger partial charge in [-0.25, -0.2) is 0 Å². The fourth-order valence-corrected chi connectivity index (χ4v) is 4.05. The van der Waals surface area contributed by atoms with Gasteiger partial charge in [0.05, 0.1) is 12.5 Å². The Morgan fingerprint density at radius 1 is 1.24 bits per heavy atom. The minimum atomic E-state index is 0.0408. The molecule has 4 rings (SSSR count). The number of fused-ring (bicyclic) bond motifs is 4. The summed E-state index contributed by atoms with van der Waals surface area (Å²) in [5.41, 5.74) is 2.34. The Bertz CT molecular complexity index is 631. The molecule has 5 nitrogen and oxygen atoms in total. The Kier molecular flexibility index (Phi) is 5.74. The molecule has 1 N–H and O–H groups in total. The van der Waals surface area contributed by atoms with Gasteiger partial charge in [-0.3, -0.25) is 14.5 Å². The molecule has 1 aromatic carbocycles. The summed E-state index contributed by atoms with van der Waals surface area (Å²) >= 11 is 0. The maximum atomic E-state index is 12.6. The molecule has 3 saturated heterocycles. The Morgan fingerprint density at radius 2 is 2.04 bits per heavy atom. The third kappa shape index (κ3) is 4.21. The van der Waals surface area contributed by atoms with Gasteiger partial charge in [0.2, 0.25) is 11.8 Å². The fraction of sp³-hybridized carbons (Fsp3) is 0.600. The molecule has 3 aliphatic rings. The average Bonchev–Trinajstić information content (AvgIpc) is 2.86. The van der Waals surface area contributed by atoms with E-state index in [1.54, 1.807) is 0 Å². The number of rotatable bonds is 6. The van der Waals surface area contributed by atoms with E-state index >= 15 is 0 Å². The largest absolute Gasteiger partial charge is 0.351 e. The van der Waals surface area contributed by atoms with Crippen molar-refractivity contribution in [3.8, 4) is 0 Å². The zero-order valence-electron chi connectivity index (χ0n) is 15.3. The summed E-state index contributed by atoms with van der Waals surface area (Å²) < 4.78 is 0. The van der Waals surface area contributed by atoms with E-state index in [1.165, 1.54) is 5.56 Å². The molecule has 136 valence electrons. The van der Waals surface area contributed by atoms with Gasteiger partial charge in [-0.15, -0.1) is 0 Å². The molecule has 3 heterocycles. The Morgan fingerprint density at radius 3 is 2.80 bits per heavy atom. The first kappa shape index (κ1) is 17.9. The van der Waals surface area contributed by atoms with Gasteiger partial charge in [-0.2, -0.15) is 0 Å². The number of nitrogens with one attached hydrogen (secondary N) is 1. The van der Waals surface area contributed by atoms with Crippen molar-refractivity contribution >= 4 is 11.8 Å². The smallest absolute Gasteiger partial charge is 0.234 e. The van der Waals surface area contributed by atoms with Gasteiger partial charge in [-0.1, -0.05) is 31.2 Å². The maximum absolute atomic E-state index is 12.6. The van der Waals surface area contributed by atoms with Crippen molar-refractivity contribution in [1.29, 1.82) is 0 Å². The zero-order valence-corrected chi connectivity index (χ0v) is 15.3. The third-order valence-electron chi connectivity index (χ3n) is 5.44. The number of piperidine rings is 1. The van der Waals surface area contributed by atoms with Crippen LogP contribution in [0.25, 0.3) is 0 Å². The summed E-state index contributed by atoms with van der Waals surface area (Å²) in [7, 11) is 0. The van der Waals surface area contributed by atoms with Crippen LogP contribution in [0, 0.1) is 12.8 Å². The van der Waals surface area contributed by atoms with Crippen molar-refractivity contribution in [3.63, 3.8) is 0 Å². The van der Waals surface area contributed by atoms with Crippen LogP contribution in [0.1, 0.15) is 37.3 Å². The molecule has 0 aliphatic carbocycles. The summed E-state index contributed by atoms with van der Waals surface area (Å²) in [5, 5.41) is 3.03. The van der Waals surface area contributed by atoms with Gasteiger partial charge in [0, 0.05) is 32.2 Å². The quantitative estimate of drug-likeness (QED) is 0.859. The lowest BCUT2D eigenvalue weighted by molar-refractivity contribution is -0.140. The number of nitrogens with zero attached hydrogens (tertiary/aromatic N) is 2. The molecule has 0 spiro atoms. The normalized spacial score (nSPS) is 23.6. The molecule has 1 aromatic rings. The molecular formula is C20H29N3O2. The fourth-order valence-electron chi connectivity index (χ4n) is 4.05. The van der Waals surface area contributed by atoms with Crippen LogP contribution in [0.3, 0.4) is 0 Å². The molecule has 5 heteroatoms. The SMILES string of the molecule is CCCN1C(=O)[C@@H]2CC[C@H]1CN(CC(=O)NCc1ccccc1C)C2. The van der Waals surface area contributed by atoms with Gasteiger partial charge < -0.3 is 10.2 Å². The van der Waals surface area contributed by atoms with Crippen molar-refractivity contribution in [2.24, 2.45) is 5.92 Å². The second-order valence-corrected chi connectivity index (χ2v) is 7.36. The molecule has 2 amide bonds. The van der Waals surface area contributed by atoms with Crippen molar-refractivity contribution in [2.75, 3.05) is 26.2 Å². The minimum absolute atomic E-state index is 0.0408. The first-order valence-corrected chi connectivity index (χ1v) is 9.42. The highest BCUT2D eigenvalue weighted by molar-refractivity contribution is 5.81. The molecule has 25 heavy (non-hydrogen) atoms. The van der Waals surface area contributed by atoms with Crippen molar-refractivity contribution in [3.05, 3.63) is 35.4 Å². The predicted octanol–water partition coefficient (Wildman–Crippen LogP) is 1.94. The van der Waals surface area contributed by atoms with Gasteiger partial charge in [-0.05, 0) is 37.3 Å². The van der Waals surface area contributed by atoms with Gasteiger partial charge >= 0.3 is 0 Å². The Hall–Kier alpha value is -1.88. The van der Waals surface area contributed by atoms with Crippen LogP contribution in [0.15, 0.2) is 24.3 Å². The summed E-state index contributed by atoms with van der Waals surface area (Å²) in [5.74, 6) is 0.398. The first-order valence-electron chi connectivity index (χ1n) is 9.42. The van der Waals surface area contributed by atoms with Crippen LogP contribution < -0.4 is 5.32 Å². The van der Waals surface area contributed by atoms with Crippen LogP contribution in [-0.2, 0) is 16.1 Å². The van der Waals surface area contributed by atoms with E-state index in [2.05, 4.69) is 35.0 Å². The number of carbonyl (C=O) groups excluding carboxylic acids is 2. The Labute approximate surface area is 150 Å². The average molecular weight is 343 g/mol. The summed E-state index contributed by atoms with van der Waals surface area (Å²) in [4.78, 5) is 29.2. The lowest BCUT2D eigenvalue weighted by atomic mass is 9.94. The number of hydrogen-bond donors (Lipinski definition) is 1. The molecule has 0 saturated carbocycles. The maximum Gasteiger partial charge on any atom is 0.234 e. The molecule has 3 aliphatic heterocycles. The molecule has 0 aromatic heterocycles. The third-order valence-corrected chi connectivity index (χ3v) is 5.44. The first-order chi connectivity index (χ1) is 12.1. The number of hydrogen-bond acceptors (Lipinski definition) is 3. The number of amides is 2. The standard InChI is InChI=1S/C20H29N3O2/c1-3-10-23-18-9-8-17(20(23)25)12-22(13-18)14-19(24)21-11-16-7-5-4-6-15(16)2/h4-7,17-18H,3,8-14H2,1-2H3,(H,21,24)/t17-,18+/m1/s1. The van der Waals surface area contributed by atoms with Crippen molar-refractivity contribution in [1.82, 2.24) is 15.1 Å². The lowest BCUT2D eigenvalue weighted by Crippen LogP contribution is -2.48. The molecule has 0 unspecified atom stereocenters. The number of carbonyl (C=O) groups is 2. The van der Waals surface area contributed by atoms with Gasteiger partial charge in [0.25, 0.3) is 0 Å². The van der Waals surface area contributed by atoms with E-state index < -0.39 is 0 Å². The van der Waals surface area contributed by atoms with E-state index in [-0.39, 0.29) is 17.9 Å². The van der Waals surface area contributed by atoms with E-state index in [0.717, 1.165) is 37.9 Å². The summed E-state index contributed by atoms with van der Waals surface area (Å²) in [6.07, 6.45) is 3.02. The molecular weight excluding hydrogens is 314 g/mol. The number of aryl methyl sites for hydroxylation is 1. The molecule has 2 atom stereocenters. The van der Waals surface area contributed by atoms with Crippen LogP contribution in [0.4, 0.5) is 0 Å². The van der Waals surface area contributed by atoms with Crippen molar-refractivity contribution < 1.29 is 9.59 Å². The number of benzene rings is 1. The molecule has 2 bridgehead atoms. The molecule has 0 radical (unpaired) electrons. The minimum Gasteiger partial charge on any atom is -0.351 e. The van der Waals surface area contributed by atoms with Crippen LogP contribution in [0.5, 0.6) is 0 Å². The zero-order chi connectivity index (χ0) is 17.8. The van der Waals surface area contributed by atoms with Crippen LogP contribution >= 0.6 is 0 Å². The monoisotopic (exact) mass is 343 g/mol. The van der Waals surface area contributed by atoms with E-state index in [1.807, 2.05) is 18.2 Å². The molecule has 3 fully saturated rings. The highest BCUT2D eigenvalue weighted by Crippen LogP contribution is 2.29. The second kappa shape index (κ2) is 8.00. The Balaban J connectivity index is 1.55. The predicted molar refractivity (Wildman–Crippen MR) is 98.0 cm³/mol. The topological polar surface area (TPSA) is 52.7 Å². The second-order valence-electron chi connectivity index (χ2n) is 7.36. The van der Waals surface area contributed by atoms with Crippen molar-refractivity contribution in [2.45, 2.75) is 45.7 Å². The van der Waals surface area contributed by atoms with Crippen LogP contribution in [0.2, 0.25) is 0 Å². The highest BCUT2D eigenvalue weighted by Gasteiger charge is 2.40. The van der Waals surface area contributed by atoms with Crippen LogP contribution in [-0.4, -0.2) is 53.8 Å².